The Morgan fingerprint density at radius 3 is 2.50 bits per heavy atom. The molecule has 0 saturated carbocycles. The van der Waals surface area contributed by atoms with Crippen LogP contribution in [-0.2, 0) is 0 Å². The van der Waals surface area contributed by atoms with Gasteiger partial charge in [0, 0.05) is 12.1 Å². The Morgan fingerprint density at radius 1 is 1.05 bits per heavy atom. The van der Waals surface area contributed by atoms with Gasteiger partial charge >= 0.3 is 0 Å². The summed E-state index contributed by atoms with van der Waals surface area (Å²) in [5, 5.41) is 0. The third kappa shape index (κ3) is 1.94. The summed E-state index contributed by atoms with van der Waals surface area (Å²) >= 11 is 3.03. The zero-order valence-electron chi connectivity index (χ0n) is 9.87. The summed E-state index contributed by atoms with van der Waals surface area (Å²) in [6.07, 6.45) is 0. The number of rotatable bonds is 1. The van der Waals surface area contributed by atoms with Crippen molar-refractivity contribution in [2.24, 2.45) is 0 Å². The van der Waals surface area contributed by atoms with Crippen molar-refractivity contribution in [3.63, 3.8) is 0 Å². The fraction of sp³-hybridized carbons (Fsp3) is 0. The molecule has 1 heterocycles. The van der Waals surface area contributed by atoms with Gasteiger partial charge in [0.1, 0.15) is 17.2 Å². The van der Waals surface area contributed by atoms with E-state index in [0.717, 1.165) is 12.1 Å². The lowest BCUT2D eigenvalue weighted by molar-refractivity contribution is 0.590. The second kappa shape index (κ2) is 4.52. The van der Waals surface area contributed by atoms with E-state index >= 15 is 0 Å². The van der Waals surface area contributed by atoms with Crippen molar-refractivity contribution in [2.75, 3.05) is 5.73 Å². The van der Waals surface area contributed by atoms with Crippen molar-refractivity contribution in [2.45, 2.75) is 0 Å². The predicted molar refractivity (Wildman–Crippen MR) is 73.1 cm³/mol. The number of nitrogens with zero attached hydrogens (tertiary/aromatic N) is 2. The summed E-state index contributed by atoms with van der Waals surface area (Å²) in [5.41, 5.74) is 6.13. The number of nitrogens with two attached hydrogens (primary N) is 1. The molecule has 7 heteroatoms. The quantitative estimate of drug-likeness (QED) is 0.731. The van der Waals surface area contributed by atoms with Crippen molar-refractivity contribution in [3.05, 3.63) is 52.3 Å². The second-order valence-corrected chi connectivity index (χ2v) is 5.01. The van der Waals surface area contributed by atoms with Crippen LogP contribution in [0.2, 0.25) is 0 Å². The van der Waals surface area contributed by atoms with E-state index < -0.39 is 17.5 Å². The highest BCUT2D eigenvalue weighted by Crippen LogP contribution is 2.27. The van der Waals surface area contributed by atoms with Crippen molar-refractivity contribution in [3.8, 4) is 5.69 Å². The van der Waals surface area contributed by atoms with Gasteiger partial charge in [-0.2, -0.15) is 0 Å². The molecule has 3 nitrogen and oxygen atoms in total. The van der Waals surface area contributed by atoms with Gasteiger partial charge in [-0.3, -0.25) is 4.57 Å². The molecule has 3 aromatic rings. The highest BCUT2D eigenvalue weighted by molar-refractivity contribution is 9.10. The summed E-state index contributed by atoms with van der Waals surface area (Å²) < 4.78 is 42.1. The summed E-state index contributed by atoms with van der Waals surface area (Å²) in [6.45, 7) is 0. The van der Waals surface area contributed by atoms with Gasteiger partial charge < -0.3 is 5.73 Å². The van der Waals surface area contributed by atoms with E-state index in [-0.39, 0.29) is 21.5 Å². The third-order valence-electron chi connectivity index (χ3n) is 2.87. The van der Waals surface area contributed by atoms with Gasteiger partial charge in [-0.15, -0.1) is 0 Å². The van der Waals surface area contributed by atoms with E-state index in [9.17, 15) is 13.2 Å². The normalized spacial score (nSPS) is 11.2. The Balaban J connectivity index is 2.35. The molecule has 102 valence electrons. The van der Waals surface area contributed by atoms with Gasteiger partial charge in [-0.25, -0.2) is 18.2 Å². The topological polar surface area (TPSA) is 43.8 Å². The number of fused-ring (bicyclic) bond motifs is 1. The van der Waals surface area contributed by atoms with Crippen molar-refractivity contribution in [1.29, 1.82) is 0 Å². The predicted octanol–water partition coefficient (Wildman–Crippen LogP) is 3.79. The number of aromatic nitrogens is 2. The van der Waals surface area contributed by atoms with Crippen LogP contribution in [0.25, 0.3) is 16.7 Å². The Labute approximate surface area is 120 Å². The number of anilines is 1. The zero-order chi connectivity index (χ0) is 14.4. The van der Waals surface area contributed by atoms with Crippen LogP contribution in [0.4, 0.5) is 19.1 Å². The lowest BCUT2D eigenvalue weighted by Crippen LogP contribution is -2.01. The van der Waals surface area contributed by atoms with E-state index in [2.05, 4.69) is 20.9 Å². The van der Waals surface area contributed by atoms with Gasteiger partial charge in [0.2, 0.25) is 5.95 Å². The van der Waals surface area contributed by atoms with Crippen LogP contribution in [0.5, 0.6) is 0 Å². The summed E-state index contributed by atoms with van der Waals surface area (Å²) in [5.74, 6) is -2.14. The highest BCUT2D eigenvalue weighted by Gasteiger charge is 2.15. The summed E-state index contributed by atoms with van der Waals surface area (Å²) in [4.78, 5) is 3.85. The zero-order valence-corrected chi connectivity index (χ0v) is 11.5. The molecule has 0 amide bonds. The average Bonchev–Trinajstić information content (AvgIpc) is 2.70. The number of hydrogen-bond donors (Lipinski definition) is 1. The fourth-order valence-corrected chi connectivity index (χ4v) is 2.26. The first-order valence-electron chi connectivity index (χ1n) is 5.56. The van der Waals surface area contributed by atoms with Gasteiger partial charge in [-0.1, -0.05) is 0 Å². The molecule has 1 aromatic heterocycles. The van der Waals surface area contributed by atoms with Crippen LogP contribution in [0.1, 0.15) is 0 Å². The highest BCUT2D eigenvalue weighted by atomic mass is 79.9. The number of imidazole rings is 1. The Hall–Kier alpha value is -2.02. The molecule has 0 atom stereocenters. The number of hydrogen-bond acceptors (Lipinski definition) is 2. The number of nitrogen functional groups attached to an aromatic ring is 1. The van der Waals surface area contributed by atoms with Gasteiger partial charge in [0.05, 0.1) is 15.7 Å². The van der Waals surface area contributed by atoms with Crippen LogP contribution in [0.15, 0.2) is 34.8 Å². The van der Waals surface area contributed by atoms with E-state index in [4.69, 9.17) is 5.73 Å². The standard InChI is InChI=1S/C13H7BrF3N3/c14-8-2-1-7(5-9(8)16)20-11-4-6(15)3-10(17)12(11)19-13(20)18/h1-5H,(H2,18,19). The first-order valence-corrected chi connectivity index (χ1v) is 6.35. The summed E-state index contributed by atoms with van der Waals surface area (Å²) in [6, 6.07) is 6.06. The Kier molecular flexibility index (Phi) is 2.93. The van der Waals surface area contributed by atoms with E-state index in [1.165, 1.54) is 16.7 Å². The SMILES string of the molecule is Nc1nc2c(F)cc(F)cc2n1-c1ccc(Br)c(F)c1. The van der Waals surface area contributed by atoms with Crippen molar-refractivity contribution >= 4 is 32.9 Å². The lowest BCUT2D eigenvalue weighted by atomic mass is 10.2. The maximum atomic E-state index is 13.6. The van der Waals surface area contributed by atoms with Crippen molar-refractivity contribution in [1.82, 2.24) is 9.55 Å². The first-order chi connectivity index (χ1) is 9.47. The molecule has 0 spiro atoms. The molecular weight excluding hydrogens is 335 g/mol. The molecule has 3 rings (SSSR count). The first kappa shape index (κ1) is 13.0. The average molecular weight is 342 g/mol. The molecule has 0 aliphatic carbocycles. The number of halogens is 4. The second-order valence-electron chi connectivity index (χ2n) is 4.16. The van der Waals surface area contributed by atoms with Crippen molar-refractivity contribution < 1.29 is 13.2 Å². The van der Waals surface area contributed by atoms with Gasteiger partial charge in [-0.05, 0) is 34.1 Å². The van der Waals surface area contributed by atoms with Crippen LogP contribution < -0.4 is 5.73 Å². The molecule has 2 N–H and O–H groups in total. The van der Waals surface area contributed by atoms with Crippen LogP contribution in [0, 0.1) is 17.5 Å². The Bertz CT molecular complexity index is 829. The largest absolute Gasteiger partial charge is 0.369 e. The molecule has 0 saturated heterocycles. The van der Waals surface area contributed by atoms with Gasteiger partial charge in [0.15, 0.2) is 5.82 Å². The van der Waals surface area contributed by atoms with E-state index in [0.29, 0.717) is 5.69 Å². The Morgan fingerprint density at radius 2 is 1.80 bits per heavy atom. The molecule has 0 fully saturated rings. The molecule has 0 radical (unpaired) electrons. The minimum Gasteiger partial charge on any atom is -0.369 e. The van der Waals surface area contributed by atoms with Crippen LogP contribution in [-0.4, -0.2) is 9.55 Å². The number of benzene rings is 2. The molecule has 2 aromatic carbocycles. The summed E-state index contributed by atoms with van der Waals surface area (Å²) in [7, 11) is 0. The third-order valence-corrected chi connectivity index (χ3v) is 3.51. The van der Waals surface area contributed by atoms with Crippen LogP contribution in [0.3, 0.4) is 0 Å². The van der Waals surface area contributed by atoms with E-state index in [1.54, 1.807) is 6.07 Å². The minimum absolute atomic E-state index is 0.0498. The van der Waals surface area contributed by atoms with Crippen LogP contribution >= 0.6 is 15.9 Å². The fourth-order valence-electron chi connectivity index (χ4n) is 2.02. The smallest absolute Gasteiger partial charge is 0.206 e. The molecular formula is C13H7BrF3N3. The maximum absolute atomic E-state index is 13.6. The molecule has 0 aliphatic heterocycles. The molecule has 20 heavy (non-hydrogen) atoms. The minimum atomic E-state index is -0.817. The monoisotopic (exact) mass is 341 g/mol. The lowest BCUT2D eigenvalue weighted by Gasteiger charge is -2.07. The maximum Gasteiger partial charge on any atom is 0.206 e. The molecule has 0 unspecified atom stereocenters. The van der Waals surface area contributed by atoms with E-state index in [1.807, 2.05) is 0 Å². The molecule has 0 aliphatic rings. The molecule has 0 bridgehead atoms. The van der Waals surface area contributed by atoms with Gasteiger partial charge in [0.25, 0.3) is 0 Å².